The molecule has 1 N–H and O–H groups in total. The van der Waals surface area contributed by atoms with Crippen molar-refractivity contribution < 1.29 is 9.53 Å². The highest BCUT2D eigenvalue weighted by atomic mass is 32.1. The van der Waals surface area contributed by atoms with Crippen molar-refractivity contribution in [1.29, 1.82) is 0 Å². The highest BCUT2D eigenvalue weighted by molar-refractivity contribution is 7.17. The quantitative estimate of drug-likeness (QED) is 0.582. The van der Waals surface area contributed by atoms with Crippen LogP contribution in [0.3, 0.4) is 0 Å². The Morgan fingerprint density at radius 3 is 2.48 bits per heavy atom. The number of thiophene rings is 1. The number of fused-ring (bicyclic) bond motifs is 3. The van der Waals surface area contributed by atoms with Crippen molar-refractivity contribution in [2.75, 3.05) is 13.1 Å². The van der Waals surface area contributed by atoms with E-state index >= 15 is 0 Å². The molecule has 6 rings (SSSR count). The van der Waals surface area contributed by atoms with E-state index in [0.29, 0.717) is 18.6 Å². The molecule has 2 bridgehead atoms. The zero-order valence-electron chi connectivity index (χ0n) is 17.8. The maximum absolute atomic E-state index is 12.9. The van der Waals surface area contributed by atoms with Gasteiger partial charge < -0.3 is 10.1 Å². The summed E-state index contributed by atoms with van der Waals surface area (Å²) in [5.74, 6) is 1.52. The number of carbonyl (C=O) groups is 1. The van der Waals surface area contributed by atoms with E-state index in [0.717, 1.165) is 26.6 Å². The average Bonchev–Trinajstić information content (AvgIpc) is 3.32. The molecule has 1 amide bonds. The van der Waals surface area contributed by atoms with Crippen molar-refractivity contribution in [1.82, 2.24) is 10.2 Å². The van der Waals surface area contributed by atoms with Crippen molar-refractivity contribution in [2.45, 2.75) is 38.5 Å². The fourth-order valence-electron chi connectivity index (χ4n) is 4.84. The standard InChI is InChI=1S/C26H28N2O2S/c1-18-25(21-13-15-28(18)16-14-21)27-26(29)24-12-11-23(31-24)20-7-9-22(10-8-20)30-17-19-5-3-2-4-6-19/h2-12,18,21,25H,13-17H2,1H3,(H,27,29)/t18-,25-/m0/s1. The van der Waals surface area contributed by atoms with Gasteiger partial charge in [0.2, 0.25) is 0 Å². The van der Waals surface area contributed by atoms with Crippen LogP contribution in [0.1, 0.15) is 35.0 Å². The van der Waals surface area contributed by atoms with Gasteiger partial charge in [0.15, 0.2) is 0 Å². The SMILES string of the molecule is C[C@H]1[C@H](NC(=O)c2ccc(-c3ccc(OCc4ccccc4)cc3)s2)C2CCN1CC2. The number of hydrogen-bond acceptors (Lipinski definition) is 4. The molecule has 4 heterocycles. The third kappa shape index (κ3) is 4.39. The van der Waals surface area contributed by atoms with Crippen molar-refractivity contribution in [2.24, 2.45) is 5.92 Å². The van der Waals surface area contributed by atoms with E-state index in [1.165, 1.54) is 25.9 Å². The molecule has 2 aromatic carbocycles. The summed E-state index contributed by atoms with van der Waals surface area (Å²) in [7, 11) is 0. The molecule has 5 heteroatoms. The number of amides is 1. The van der Waals surface area contributed by atoms with Crippen LogP contribution in [0.2, 0.25) is 0 Å². The van der Waals surface area contributed by atoms with Crippen molar-refractivity contribution in [3.05, 3.63) is 77.2 Å². The Morgan fingerprint density at radius 1 is 1.03 bits per heavy atom. The number of rotatable bonds is 6. The molecule has 31 heavy (non-hydrogen) atoms. The molecule has 3 saturated heterocycles. The minimum absolute atomic E-state index is 0.0599. The van der Waals surface area contributed by atoms with Crippen LogP contribution in [0.25, 0.3) is 10.4 Å². The minimum atomic E-state index is 0.0599. The van der Waals surface area contributed by atoms with E-state index in [2.05, 4.69) is 41.4 Å². The monoisotopic (exact) mass is 432 g/mol. The lowest BCUT2D eigenvalue weighted by Gasteiger charge is -2.49. The van der Waals surface area contributed by atoms with Gasteiger partial charge in [0.05, 0.1) is 4.88 Å². The van der Waals surface area contributed by atoms with Crippen LogP contribution in [0.4, 0.5) is 0 Å². The van der Waals surface area contributed by atoms with Crippen LogP contribution in [-0.4, -0.2) is 36.0 Å². The van der Waals surface area contributed by atoms with E-state index in [1.54, 1.807) is 11.3 Å². The van der Waals surface area contributed by atoms with Crippen LogP contribution in [0, 0.1) is 5.92 Å². The molecule has 0 aliphatic carbocycles. The molecule has 2 atom stereocenters. The van der Waals surface area contributed by atoms with E-state index < -0.39 is 0 Å². The summed E-state index contributed by atoms with van der Waals surface area (Å²) in [5, 5.41) is 3.33. The van der Waals surface area contributed by atoms with Crippen molar-refractivity contribution in [3.8, 4) is 16.2 Å². The Kier molecular flexibility index (Phi) is 5.79. The van der Waals surface area contributed by atoms with Gasteiger partial charge in [-0.25, -0.2) is 0 Å². The number of benzene rings is 2. The van der Waals surface area contributed by atoms with E-state index in [4.69, 9.17) is 4.74 Å². The maximum atomic E-state index is 12.9. The molecular formula is C26H28N2O2S. The van der Waals surface area contributed by atoms with E-state index in [9.17, 15) is 4.79 Å². The van der Waals surface area contributed by atoms with Gasteiger partial charge in [-0.1, -0.05) is 30.3 Å². The van der Waals surface area contributed by atoms with Crippen LogP contribution < -0.4 is 10.1 Å². The second-order valence-electron chi connectivity index (χ2n) is 8.58. The Morgan fingerprint density at radius 2 is 1.77 bits per heavy atom. The van der Waals surface area contributed by atoms with Crippen LogP contribution in [0.5, 0.6) is 5.75 Å². The van der Waals surface area contributed by atoms with Gasteiger partial charge in [-0.05, 0) is 86.3 Å². The highest BCUT2D eigenvalue weighted by Gasteiger charge is 2.40. The molecule has 1 aromatic heterocycles. The zero-order chi connectivity index (χ0) is 21.2. The Balaban J connectivity index is 1.21. The Bertz CT molecular complexity index is 1020. The third-order valence-corrected chi connectivity index (χ3v) is 7.83. The van der Waals surface area contributed by atoms with E-state index in [1.807, 2.05) is 42.5 Å². The van der Waals surface area contributed by atoms with Gasteiger partial charge in [-0.2, -0.15) is 0 Å². The summed E-state index contributed by atoms with van der Waals surface area (Å²) in [5.41, 5.74) is 2.25. The molecule has 0 saturated carbocycles. The molecule has 3 aliphatic heterocycles. The van der Waals surface area contributed by atoms with E-state index in [-0.39, 0.29) is 11.9 Å². The number of hydrogen-bond donors (Lipinski definition) is 1. The van der Waals surface area contributed by atoms with Crippen molar-refractivity contribution >= 4 is 17.2 Å². The summed E-state index contributed by atoms with van der Waals surface area (Å²) < 4.78 is 5.88. The second-order valence-corrected chi connectivity index (χ2v) is 9.66. The molecule has 3 aromatic rings. The lowest BCUT2D eigenvalue weighted by atomic mass is 9.79. The maximum Gasteiger partial charge on any atom is 0.261 e. The number of ether oxygens (including phenoxy) is 1. The first-order chi connectivity index (χ1) is 15.2. The summed E-state index contributed by atoms with van der Waals surface area (Å²) in [6, 6.07) is 22.9. The molecule has 0 spiro atoms. The first-order valence-electron chi connectivity index (χ1n) is 11.1. The second kappa shape index (κ2) is 8.85. The number of piperidine rings is 3. The van der Waals surface area contributed by atoms with Crippen LogP contribution in [-0.2, 0) is 6.61 Å². The van der Waals surface area contributed by atoms with Gasteiger partial charge >= 0.3 is 0 Å². The predicted molar refractivity (Wildman–Crippen MR) is 126 cm³/mol. The number of nitrogens with one attached hydrogen (secondary N) is 1. The normalized spacial score (nSPS) is 24.7. The lowest BCUT2D eigenvalue weighted by Crippen LogP contribution is -2.62. The molecule has 3 aliphatic rings. The third-order valence-electron chi connectivity index (χ3n) is 6.69. The van der Waals surface area contributed by atoms with Gasteiger partial charge in [0.1, 0.15) is 12.4 Å². The van der Waals surface area contributed by atoms with Gasteiger partial charge in [0.25, 0.3) is 5.91 Å². The molecule has 0 unspecified atom stereocenters. The van der Waals surface area contributed by atoms with Gasteiger partial charge in [-0.15, -0.1) is 11.3 Å². The summed E-state index contributed by atoms with van der Waals surface area (Å²) in [4.78, 5) is 17.3. The fraction of sp³-hybridized carbons (Fsp3) is 0.346. The lowest BCUT2D eigenvalue weighted by molar-refractivity contribution is 0.0218. The summed E-state index contributed by atoms with van der Waals surface area (Å²) in [6.07, 6.45) is 2.40. The Hall–Kier alpha value is -2.63. The first-order valence-corrected chi connectivity index (χ1v) is 11.9. The summed E-state index contributed by atoms with van der Waals surface area (Å²) >= 11 is 1.55. The van der Waals surface area contributed by atoms with Crippen LogP contribution in [0.15, 0.2) is 66.7 Å². The largest absolute Gasteiger partial charge is 0.489 e. The minimum Gasteiger partial charge on any atom is -0.489 e. The topological polar surface area (TPSA) is 41.6 Å². The summed E-state index contributed by atoms with van der Waals surface area (Å²) in [6.45, 7) is 5.15. The molecule has 3 fully saturated rings. The zero-order valence-corrected chi connectivity index (χ0v) is 18.6. The van der Waals surface area contributed by atoms with Gasteiger partial charge in [0, 0.05) is 17.0 Å². The number of nitrogens with zero attached hydrogens (tertiary/aromatic N) is 1. The first kappa shape index (κ1) is 20.3. The van der Waals surface area contributed by atoms with Gasteiger partial charge in [-0.3, -0.25) is 9.69 Å². The fourth-order valence-corrected chi connectivity index (χ4v) is 5.75. The molecule has 160 valence electrons. The number of carbonyl (C=O) groups excluding carboxylic acids is 1. The molecular weight excluding hydrogens is 404 g/mol. The molecule has 4 nitrogen and oxygen atoms in total. The Labute approximate surface area is 187 Å². The average molecular weight is 433 g/mol. The smallest absolute Gasteiger partial charge is 0.261 e. The molecule has 0 radical (unpaired) electrons. The predicted octanol–water partition coefficient (Wildman–Crippen LogP) is 5.21. The van der Waals surface area contributed by atoms with Crippen LogP contribution >= 0.6 is 11.3 Å². The highest BCUT2D eigenvalue weighted by Crippen LogP contribution is 2.33. The van der Waals surface area contributed by atoms with Crippen molar-refractivity contribution in [3.63, 3.8) is 0 Å².